The Morgan fingerprint density at radius 3 is 2.48 bits per heavy atom. The quantitative estimate of drug-likeness (QED) is 0.547. The Kier molecular flexibility index (Phi) is 6.17. The van der Waals surface area contributed by atoms with E-state index in [1.807, 2.05) is 6.07 Å². The van der Waals surface area contributed by atoms with Crippen LogP contribution in [-0.4, -0.2) is 25.2 Å². The molecule has 0 atom stereocenters. The average Bonchev–Trinajstić information content (AvgIpc) is 2.57. The number of sulfone groups is 1. The molecule has 0 aromatic heterocycles. The molecule has 0 saturated carbocycles. The van der Waals surface area contributed by atoms with Crippen LogP contribution in [0, 0.1) is 11.3 Å². The first-order chi connectivity index (χ1) is 11.8. The van der Waals surface area contributed by atoms with Crippen LogP contribution in [0.5, 0.6) is 5.75 Å². The summed E-state index contributed by atoms with van der Waals surface area (Å²) in [5, 5.41) is 20.8. The molecule has 0 fully saturated rings. The summed E-state index contributed by atoms with van der Waals surface area (Å²) in [6.07, 6.45) is 0.445. The molecule has 25 heavy (non-hydrogen) atoms. The highest BCUT2D eigenvalue weighted by Crippen LogP contribution is 2.27. The van der Waals surface area contributed by atoms with E-state index < -0.39 is 15.7 Å². The molecule has 0 aliphatic rings. The molecule has 0 aliphatic heterocycles. The lowest BCUT2D eigenvalue weighted by atomic mass is 10.2. The number of hydrogen-bond acceptors (Lipinski definition) is 5. The van der Waals surface area contributed by atoms with Gasteiger partial charge in [-0.05, 0) is 48.9 Å². The Balaban J connectivity index is 2.11. The normalized spacial score (nSPS) is 10.9. The zero-order chi connectivity index (χ0) is 18.4. The summed E-state index contributed by atoms with van der Waals surface area (Å²) >= 11 is 3.21. The Labute approximate surface area is 154 Å². The van der Waals surface area contributed by atoms with Crippen LogP contribution in [0.4, 0.5) is 5.69 Å². The van der Waals surface area contributed by atoms with E-state index in [0.717, 1.165) is 0 Å². The largest absolute Gasteiger partial charge is 0.506 e. The van der Waals surface area contributed by atoms with E-state index in [1.54, 1.807) is 12.1 Å². The first-order valence-electron chi connectivity index (χ1n) is 7.33. The third-order valence-corrected chi connectivity index (χ3v) is 5.70. The molecule has 1 amide bonds. The van der Waals surface area contributed by atoms with Crippen LogP contribution < -0.4 is 5.32 Å². The number of benzene rings is 2. The maximum Gasteiger partial charge on any atom is 0.255 e. The molecule has 2 aromatic rings. The number of halogens is 1. The number of phenols is 1. The number of nitrogens with one attached hydrogen (secondary N) is 1. The molecule has 8 heteroatoms. The Hall–Kier alpha value is -2.37. The molecule has 0 saturated heterocycles. The summed E-state index contributed by atoms with van der Waals surface area (Å²) < 4.78 is 24.9. The number of amides is 1. The van der Waals surface area contributed by atoms with Crippen LogP contribution in [-0.2, 0) is 9.84 Å². The molecular formula is C17H15BrN2O4S. The van der Waals surface area contributed by atoms with Gasteiger partial charge < -0.3 is 10.4 Å². The number of rotatable bonds is 6. The van der Waals surface area contributed by atoms with E-state index in [1.165, 1.54) is 30.3 Å². The van der Waals surface area contributed by atoms with Gasteiger partial charge in [0.15, 0.2) is 9.84 Å². The first-order valence-corrected chi connectivity index (χ1v) is 9.77. The van der Waals surface area contributed by atoms with Gasteiger partial charge in [0, 0.05) is 16.5 Å². The van der Waals surface area contributed by atoms with E-state index in [4.69, 9.17) is 5.26 Å². The minimum atomic E-state index is -3.47. The highest BCUT2D eigenvalue weighted by Gasteiger charge is 2.15. The molecule has 0 spiro atoms. The van der Waals surface area contributed by atoms with Gasteiger partial charge in [-0.2, -0.15) is 5.26 Å². The second-order valence-corrected chi connectivity index (χ2v) is 8.25. The van der Waals surface area contributed by atoms with Crippen molar-refractivity contribution in [3.05, 3.63) is 52.5 Å². The average molecular weight is 423 g/mol. The van der Waals surface area contributed by atoms with Crippen molar-refractivity contribution in [3.63, 3.8) is 0 Å². The van der Waals surface area contributed by atoms with Crippen molar-refractivity contribution in [2.75, 3.05) is 11.1 Å². The summed E-state index contributed by atoms with van der Waals surface area (Å²) in [5.41, 5.74) is 0.514. The molecule has 2 aromatic carbocycles. The van der Waals surface area contributed by atoms with Crippen molar-refractivity contribution in [2.24, 2.45) is 0 Å². The number of carbonyl (C=O) groups excluding carboxylic acids is 1. The molecule has 2 rings (SSSR count). The van der Waals surface area contributed by atoms with E-state index in [-0.39, 0.29) is 40.5 Å². The Bertz CT molecular complexity index is 919. The number of carbonyl (C=O) groups is 1. The van der Waals surface area contributed by atoms with Crippen molar-refractivity contribution in [3.8, 4) is 11.8 Å². The third kappa shape index (κ3) is 5.05. The Morgan fingerprint density at radius 2 is 1.88 bits per heavy atom. The molecule has 0 bridgehead atoms. The monoisotopic (exact) mass is 422 g/mol. The van der Waals surface area contributed by atoms with Crippen LogP contribution in [0.15, 0.2) is 51.8 Å². The number of hydrogen-bond donors (Lipinski definition) is 2. The van der Waals surface area contributed by atoms with E-state index in [2.05, 4.69) is 21.2 Å². The van der Waals surface area contributed by atoms with Crippen LogP contribution in [0.1, 0.15) is 23.2 Å². The van der Waals surface area contributed by atoms with E-state index in [9.17, 15) is 18.3 Å². The van der Waals surface area contributed by atoms with Crippen molar-refractivity contribution < 1.29 is 18.3 Å². The predicted molar refractivity (Wildman–Crippen MR) is 97.1 cm³/mol. The summed E-state index contributed by atoms with van der Waals surface area (Å²) in [5.74, 6) is -0.663. The molecule has 0 aliphatic carbocycles. The lowest BCUT2D eigenvalue weighted by Crippen LogP contribution is -2.13. The molecule has 6 nitrogen and oxygen atoms in total. The van der Waals surface area contributed by atoms with Gasteiger partial charge in [0.25, 0.3) is 5.91 Å². The predicted octanol–water partition coefficient (Wildman–Crippen LogP) is 3.48. The zero-order valence-electron chi connectivity index (χ0n) is 13.1. The summed E-state index contributed by atoms with van der Waals surface area (Å²) in [7, 11) is -3.47. The van der Waals surface area contributed by atoms with Gasteiger partial charge in [-0.25, -0.2) is 8.42 Å². The van der Waals surface area contributed by atoms with Crippen molar-refractivity contribution in [2.45, 2.75) is 17.7 Å². The van der Waals surface area contributed by atoms with E-state index in [0.29, 0.717) is 4.47 Å². The fraction of sp³-hybridized carbons (Fsp3) is 0.176. The molecule has 0 heterocycles. The lowest BCUT2D eigenvalue weighted by Gasteiger charge is -2.08. The van der Waals surface area contributed by atoms with Gasteiger partial charge in [-0.1, -0.05) is 15.9 Å². The number of aromatic hydroxyl groups is 1. The second-order valence-electron chi connectivity index (χ2n) is 5.22. The smallest absolute Gasteiger partial charge is 0.255 e. The number of anilines is 1. The number of unbranched alkanes of at least 4 members (excludes halogenated alkanes) is 1. The fourth-order valence-corrected chi connectivity index (χ4v) is 3.74. The first kappa shape index (κ1) is 19.0. The standard InChI is InChI=1S/C17H15BrN2O4S/c18-13-5-8-15(16(21)11-13)20-17(22)12-3-6-14(7-4-12)25(23,24)10-2-1-9-19/h3-8,11,21H,1-2,10H2,(H,20,22). The molecular weight excluding hydrogens is 408 g/mol. The third-order valence-electron chi connectivity index (χ3n) is 3.39. The van der Waals surface area contributed by atoms with Crippen LogP contribution >= 0.6 is 15.9 Å². The number of nitrogens with zero attached hydrogens (tertiary/aromatic N) is 1. The maximum absolute atomic E-state index is 12.2. The topological polar surface area (TPSA) is 107 Å². The highest BCUT2D eigenvalue weighted by atomic mass is 79.9. The molecule has 2 N–H and O–H groups in total. The molecule has 0 unspecified atom stereocenters. The minimum absolute atomic E-state index is 0.0839. The maximum atomic E-state index is 12.2. The second kappa shape index (κ2) is 8.14. The van der Waals surface area contributed by atoms with Gasteiger partial charge in [0.2, 0.25) is 0 Å². The van der Waals surface area contributed by atoms with Gasteiger partial charge in [0.1, 0.15) is 5.75 Å². The van der Waals surface area contributed by atoms with Gasteiger partial charge in [0.05, 0.1) is 22.4 Å². The highest BCUT2D eigenvalue weighted by molar-refractivity contribution is 9.10. The lowest BCUT2D eigenvalue weighted by molar-refractivity contribution is 0.102. The number of phenolic OH excluding ortho intramolecular Hbond substituents is 1. The summed E-state index contributed by atoms with van der Waals surface area (Å²) in [6.45, 7) is 0. The Morgan fingerprint density at radius 1 is 1.20 bits per heavy atom. The SMILES string of the molecule is N#CCCCS(=O)(=O)c1ccc(C(=O)Nc2ccc(Br)cc2O)cc1. The summed E-state index contributed by atoms with van der Waals surface area (Å²) in [6, 6.07) is 12.1. The van der Waals surface area contributed by atoms with Crippen molar-refractivity contribution in [1.29, 1.82) is 5.26 Å². The number of nitriles is 1. The van der Waals surface area contributed by atoms with Gasteiger partial charge >= 0.3 is 0 Å². The van der Waals surface area contributed by atoms with Crippen LogP contribution in [0.3, 0.4) is 0 Å². The van der Waals surface area contributed by atoms with Crippen molar-refractivity contribution >= 4 is 37.4 Å². The molecule has 0 radical (unpaired) electrons. The van der Waals surface area contributed by atoms with Gasteiger partial charge in [-0.15, -0.1) is 0 Å². The van der Waals surface area contributed by atoms with Crippen LogP contribution in [0.25, 0.3) is 0 Å². The van der Waals surface area contributed by atoms with E-state index >= 15 is 0 Å². The zero-order valence-corrected chi connectivity index (χ0v) is 15.5. The van der Waals surface area contributed by atoms with Gasteiger partial charge in [-0.3, -0.25) is 4.79 Å². The van der Waals surface area contributed by atoms with Crippen molar-refractivity contribution in [1.82, 2.24) is 0 Å². The molecule has 130 valence electrons. The summed E-state index contributed by atoms with van der Waals surface area (Å²) in [4.78, 5) is 12.3. The minimum Gasteiger partial charge on any atom is -0.506 e. The fourth-order valence-electron chi connectivity index (χ4n) is 2.08. The van der Waals surface area contributed by atoms with Crippen LogP contribution in [0.2, 0.25) is 0 Å².